The van der Waals surface area contributed by atoms with Crippen LogP contribution in [0.25, 0.3) is 0 Å². The summed E-state index contributed by atoms with van der Waals surface area (Å²) in [5.74, 6) is -0.283. The first kappa shape index (κ1) is 12.7. The number of nitrogens with one attached hydrogen (secondary N) is 1. The number of carbonyl (C=O) groups is 1. The van der Waals surface area contributed by atoms with E-state index in [1.807, 2.05) is 0 Å². The van der Waals surface area contributed by atoms with Crippen LogP contribution in [0.1, 0.15) is 18.9 Å². The molecule has 0 aliphatic rings. The first-order valence-corrected chi connectivity index (χ1v) is 6.51. The fourth-order valence-electron chi connectivity index (χ4n) is 1.17. The van der Waals surface area contributed by atoms with Gasteiger partial charge in [-0.1, -0.05) is 19.1 Å². The Kier molecular flexibility index (Phi) is 4.03. The van der Waals surface area contributed by atoms with Gasteiger partial charge in [0, 0.05) is 12.1 Å². The summed E-state index contributed by atoms with van der Waals surface area (Å²) in [5, 5.41) is 7.57. The second kappa shape index (κ2) is 5.09. The van der Waals surface area contributed by atoms with Crippen molar-refractivity contribution in [2.45, 2.75) is 19.1 Å². The molecule has 1 aromatic rings. The van der Waals surface area contributed by atoms with Gasteiger partial charge in [0.2, 0.25) is 15.9 Å². The molecule has 1 rings (SSSR count). The molecule has 1 amide bonds. The maximum absolute atomic E-state index is 11.1. The van der Waals surface area contributed by atoms with E-state index in [-0.39, 0.29) is 11.7 Å². The van der Waals surface area contributed by atoms with Crippen molar-refractivity contribution in [3.8, 4) is 0 Å². The number of sulfonamides is 1. The smallest absolute Gasteiger partial charge is 0.224 e. The Morgan fingerprint density at radius 2 is 1.88 bits per heavy atom. The van der Waals surface area contributed by atoms with Gasteiger partial charge in [-0.15, -0.1) is 0 Å². The number of carbonyl (C=O) groups excluding carboxylic acids is 1. The molecule has 0 heterocycles. The van der Waals surface area contributed by atoms with Crippen molar-refractivity contribution in [1.29, 1.82) is 0 Å². The highest BCUT2D eigenvalue weighted by Gasteiger charge is 2.05. The lowest BCUT2D eigenvalue weighted by atomic mass is 10.2. The molecule has 0 unspecified atom stereocenters. The first-order valence-electron chi connectivity index (χ1n) is 4.80. The highest BCUT2D eigenvalue weighted by Crippen LogP contribution is 2.11. The Labute approximate surface area is 94.7 Å². The number of benzene rings is 1. The lowest BCUT2D eigenvalue weighted by molar-refractivity contribution is -0.115. The molecule has 16 heavy (non-hydrogen) atoms. The number of hydrogen-bond acceptors (Lipinski definition) is 3. The number of anilines is 1. The van der Waals surface area contributed by atoms with E-state index < -0.39 is 10.0 Å². The molecule has 0 saturated carbocycles. The standard InChI is InChI=1S/C10H14N2O3S/c1-2-10(13)12-9-5-3-8(4-6-9)7-16(11,14)15/h3-6H,2,7H2,1H3,(H,12,13)(H2,11,14,15). The molecule has 0 saturated heterocycles. The Balaban J connectivity index is 2.72. The minimum absolute atomic E-state index is 0.0841. The van der Waals surface area contributed by atoms with Crippen LogP contribution in [0.15, 0.2) is 24.3 Å². The Hall–Kier alpha value is -1.40. The Bertz CT molecular complexity index is 465. The Morgan fingerprint density at radius 1 is 1.31 bits per heavy atom. The third kappa shape index (κ3) is 4.41. The SMILES string of the molecule is CCC(=O)Nc1ccc(CS(N)(=O)=O)cc1. The average Bonchev–Trinajstić information content (AvgIpc) is 2.18. The summed E-state index contributed by atoms with van der Waals surface area (Å²) in [6.45, 7) is 1.75. The number of primary sulfonamides is 1. The molecule has 0 aromatic heterocycles. The van der Waals surface area contributed by atoms with Crippen LogP contribution in [-0.2, 0) is 20.6 Å². The van der Waals surface area contributed by atoms with Gasteiger partial charge in [-0.25, -0.2) is 13.6 Å². The van der Waals surface area contributed by atoms with E-state index in [2.05, 4.69) is 5.32 Å². The molecular formula is C10H14N2O3S. The maximum Gasteiger partial charge on any atom is 0.224 e. The number of rotatable bonds is 4. The molecule has 0 fully saturated rings. The van der Waals surface area contributed by atoms with Crippen molar-refractivity contribution < 1.29 is 13.2 Å². The second-order valence-corrected chi connectivity index (χ2v) is 5.02. The molecule has 3 N–H and O–H groups in total. The first-order chi connectivity index (χ1) is 7.40. The number of hydrogen-bond donors (Lipinski definition) is 2. The fourth-order valence-corrected chi connectivity index (χ4v) is 1.82. The van der Waals surface area contributed by atoms with Crippen LogP contribution in [0, 0.1) is 0 Å². The summed E-state index contributed by atoms with van der Waals surface area (Å²) in [5.41, 5.74) is 1.24. The lowest BCUT2D eigenvalue weighted by Gasteiger charge is -2.04. The highest BCUT2D eigenvalue weighted by molar-refractivity contribution is 7.88. The van der Waals surface area contributed by atoms with Gasteiger partial charge in [-0.3, -0.25) is 4.79 Å². The number of amides is 1. The van der Waals surface area contributed by atoms with Crippen molar-refractivity contribution in [3.63, 3.8) is 0 Å². The predicted molar refractivity (Wildman–Crippen MR) is 62.2 cm³/mol. The summed E-state index contributed by atoms with van der Waals surface area (Å²) in [6.07, 6.45) is 0.402. The van der Waals surface area contributed by atoms with E-state index in [1.165, 1.54) is 0 Å². The average molecular weight is 242 g/mol. The van der Waals surface area contributed by atoms with Crippen LogP contribution in [0.3, 0.4) is 0 Å². The molecule has 88 valence electrons. The summed E-state index contributed by atoms with van der Waals surface area (Å²) >= 11 is 0. The van der Waals surface area contributed by atoms with Crippen LogP contribution in [0.5, 0.6) is 0 Å². The van der Waals surface area contributed by atoms with Crippen LogP contribution in [0.2, 0.25) is 0 Å². The van der Waals surface area contributed by atoms with Gasteiger partial charge in [0.1, 0.15) is 0 Å². The zero-order chi connectivity index (χ0) is 12.2. The van der Waals surface area contributed by atoms with Crippen molar-refractivity contribution in [1.82, 2.24) is 0 Å². The van der Waals surface area contributed by atoms with Gasteiger partial charge in [0.15, 0.2) is 0 Å². The molecule has 0 spiro atoms. The van der Waals surface area contributed by atoms with E-state index in [9.17, 15) is 13.2 Å². The minimum atomic E-state index is -3.51. The minimum Gasteiger partial charge on any atom is -0.326 e. The molecule has 5 nitrogen and oxygen atoms in total. The molecule has 0 aliphatic carbocycles. The van der Waals surface area contributed by atoms with Gasteiger partial charge >= 0.3 is 0 Å². The zero-order valence-electron chi connectivity index (χ0n) is 8.93. The highest BCUT2D eigenvalue weighted by atomic mass is 32.2. The van der Waals surface area contributed by atoms with Crippen molar-refractivity contribution in [3.05, 3.63) is 29.8 Å². The monoisotopic (exact) mass is 242 g/mol. The van der Waals surface area contributed by atoms with Crippen LogP contribution in [-0.4, -0.2) is 14.3 Å². The van der Waals surface area contributed by atoms with Crippen molar-refractivity contribution in [2.24, 2.45) is 5.14 Å². The summed E-state index contributed by atoms with van der Waals surface area (Å²) < 4.78 is 21.6. The normalized spacial score (nSPS) is 11.1. The molecule has 0 bridgehead atoms. The maximum atomic E-state index is 11.1. The van der Waals surface area contributed by atoms with Crippen LogP contribution < -0.4 is 10.5 Å². The fraction of sp³-hybridized carbons (Fsp3) is 0.300. The molecule has 6 heteroatoms. The van der Waals surface area contributed by atoms with E-state index in [1.54, 1.807) is 31.2 Å². The molecule has 0 radical (unpaired) electrons. The van der Waals surface area contributed by atoms with Gasteiger partial charge in [0.05, 0.1) is 5.75 Å². The summed E-state index contributed by atoms with van der Waals surface area (Å²) in [7, 11) is -3.51. The predicted octanol–water partition coefficient (Wildman–Crippen LogP) is 0.824. The summed E-state index contributed by atoms with van der Waals surface area (Å²) in [6, 6.07) is 6.54. The van der Waals surface area contributed by atoms with Gasteiger partial charge in [-0.2, -0.15) is 0 Å². The molecule has 0 atom stereocenters. The summed E-state index contributed by atoms with van der Waals surface area (Å²) in [4.78, 5) is 11.1. The van der Waals surface area contributed by atoms with E-state index in [4.69, 9.17) is 5.14 Å². The quantitative estimate of drug-likeness (QED) is 0.819. The van der Waals surface area contributed by atoms with E-state index in [0.717, 1.165) is 0 Å². The third-order valence-corrected chi connectivity index (χ3v) is 2.66. The van der Waals surface area contributed by atoms with Gasteiger partial charge < -0.3 is 5.32 Å². The Morgan fingerprint density at radius 3 is 2.31 bits per heavy atom. The zero-order valence-corrected chi connectivity index (χ0v) is 9.75. The van der Waals surface area contributed by atoms with E-state index in [0.29, 0.717) is 17.7 Å². The van der Waals surface area contributed by atoms with E-state index >= 15 is 0 Å². The third-order valence-electron chi connectivity index (χ3n) is 1.93. The van der Waals surface area contributed by atoms with Gasteiger partial charge in [-0.05, 0) is 17.7 Å². The van der Waals surface area contributed by atoms with Crippen molar-refractivity contribution in [2.75, 3.05) is 5.32 Å². The van der Waals surface area contributed by atoms with Gasteiger partial charge in [0.25, 0.3) is 0 Å². The molecule has 0 aliphatic heterocycles. The molecule has 1 aromatic carbocycles. The second-order valence-electron chi connectivity index (χ2n) is 3.41. The van der Waals surface area contributed by atoms with Crippen LogP contribution >= 0.6 is 0 Å². The molecular weight excluding hydrogens is 228 g/mol. The largest absolute Gasteiger partial charge is 0.326 e. The number of nitrogens with two attached hydrogens (primary N) is 1. The topological polar surface area (TPSA) is 89.3 Å². The van der Waals surface area contributed by atoms with Crippen molar-refractivity contribution >= 4 is 21.6 Å². The lowest BCUT2D eigenvalue weighted by Crippen LogP contribution is -2.14. The van der Waals surface area contributed by atoms with Crippen LogP contribution in [0.4, 0.5) is 5.69 Å².